The maximum absolute atomic E-state index is 14.0. The van der Waals surface area contributed by atoms with Crippen LogP contribution in [0.15, 0.2) is 89.3 Å². The van der Waals surface area contributed by atoms with Crippen molar-refractivity contribution in [3.8, 4) is 11.3 Å². The van der Waals surface area contributed by atoms with Gasteiger partial charge in [0.15, 0.2) is 15.7 Å². The number of piperazine rings is 1. The fourth-order valence-electron chi connectivity index (χ4n) is 10.6. The van der Waals surface area contributed by atoms with Crippen molar-refractivity contribution in [2.45, 2.75) is 95.7 Å². The van der Waals surface area contributed by atoms with Crippen LogP contribution in [0.2, 0.25) is 0 Å². The maximum Gasteiger partial charge on any atom is 0.293 e. The van der Waals surface area contributed by atoms with Crippen molar-refractivity contribution < 1.29 is 23.1 Å². The number of carbonyl (C=O) groups excluding carboxylic acids is 2. The zero-order valence-electron chi connectivity index (χ0n) is 39.8. The Balaban J connectivity index is 0.904. The van der Waals surface area contributed by atoms with E-state index in [1.54, 1.807) is 62.5 Å². The summed E-state index contributed by atoms with van der Waals surface area (Å²) >= 11 is 0. The van der Waals surface area contributed by atoms with Gasteiger partial charge in [-0.2, -0.15) is 0 Å². The minimum absolute atomic E-state index is 0.0365. The van der Waals surface area contributed by atoms with Crippen LogP contribution in [0.25, 0.3) is 11.3 Å². The number of hydrogen-bond acceptors (Lipinski definition) is 12. The number of pyridine rings is 1. The van der Waals surface area contributed by atoms with E-state index in [1.807, 2.05) is 30.3 Å². The molecule has 16 nitrogen and oxygen atoms in total. The molecule has 6 heterocycles. The van der Waals surface area contributed by atoms with Crippen LogP contribution < -0.4 is 30.9 Å². The van der Waals surface area contributed by atoms with Gasteiger partial charge < -0.3 is 34.7 Å². The van der Waals surface area contributed by atoms with Gasteiger partial charge in [0, 0.05) is 106 Å². The number of benzene rings is 2. The number of aromatic nitrogens is 4. The van der Waals surface area contributed by atoms with Crippen molar-refractivity contribution in [1.82, 2.24) is 24.0 Å². The Bertz CT molecular complexity index is 2950. The smallest absolute Gasteiger partial charge is 0.293 e. The largest absolute Gasteiger partial charge is 0.392 e. The topological polar surface area (TPSA) is 178 Å². The molecule has 0 saturated carbocycles. The molecule has 3 aromatic heterocycles. The summed E-state index contributed by atoms with van der Waals surface area (Å²) in [6.45, 7) is 18.5. The Kier molecular flexibility index (Phi) is 12.6. The first-order valence-corrected chi connectivity index (χ1v) is 25.1. The van der Waals surface area contributed by atoms with Crippen LogP contribution in [0.3, 0.4) is 0 Å². The van der Waals surface area contributed by atoms with E-state index in [0.29, 0.717) is 63.7 Å². The summed E-state index contributed by atoms with van der Waals surface area (Å²) in [4.78, 5) is 59.1. The van der Waals surface area contributed by atoms with Gasteiger partial charge in [-0.3, -0.25) is 24.2 Å². The van der Waals surface area contributed by atoms with E-state index in [1.165, 1.54) is 21.9 Å². The van der Waals surface area contributed by atoms with Crippen molar-refractivity contribution in [2.24, 2.45) is 12.5 Å². The summed E-state index contributed by atoms with van der Waals surface area (Å²) < 4.78 is 28.9. The average molecular weight is 943 g/mol. The first kappa shape index (κ1) is 46.8. The minimum atomic E-state index is -3.32. The van der Waals surface area contributed by atoms with Crippen LogP contribution >= 0.6 is 0 Å². The van der Waals surface area contributed by atoms with E-state index < -0.39 is 21.7 Å². The lowest BCUT2D eigenvalue weighted by molar-refractivity contribution is -0.111. The number of hydrogen-bond donors (Lipinski definition) is 3. The number of aliphatic hydroxyl groups is 1. The quantitative estimate of drug-likeness (QED) is 0.122. The molecule has 358 valence electrons. The monoisotopic (exact) mass is 942 g/mol. The molecule has 1 aliphatic carbocycles. The lowest BCUT2D eigenvalue weighted by atomic mass is 9.90. The number of nitrogens with zero attached hydrogens (tertiary/aromatic N) is 8. The van der Waals surface area contributed by atoms with Crippen LogP contribution in [0.4, 0.5) is 34.4 Å². The number of fused-ring (bicyclic) bond motifs is 3. The number of anilines is 6. The van der Waals surface area contributed by atoms with Crippen LogP contribution in [-0.2, 0) is 47.7 Å². The molecule has 2 saturated heterocycles. The van der Waals surface area contributed by atoms with Gasteiger partial charge in [0.2, 0.25) is 5.91 Å². The standard InChI is InChI=1S/C51H62N10O6S/c1-8-46(63)54-41-26-35(9-14-43(41)59-22-21-58(29-33(59)4)37-16-19-57(20-17-37)36-10-12-38(13-11-36)68(66,67)32(2)3)53-47-50(65)56(7)30-42(55-47)39-15-18-52-48(40(39)31-62)61-24-23-60-44(49(61)64)25-34-27-51(5,6)28-45(34)60/h8-15,18,25-26,30,32-33,37,62H,1,16-17,19-24,27-29,31H2,2-7H3,(H,53,55)(H,54,63)/t33-/m0/s1. The minimum Gasteiger partial charge on any atom is -0.392 e. The van der Waals surface area contributed by atoms with Crippen LogP contribution in [0.5, 0.6) is 0 Å². The van der Waals surface area contributed by atoms with Crippen LogP contribution in [-0.4, -0.2) is 106 Å². The molecule has 2 amide bonds. The van der Waals surface area contributed by atoms with E-state index in [0.717, 1.165) is 69.8 Å². The van der Waals surface area contributed by atoms with Gasteiger partial charge in [0.1, 0.15) is 11.5 Å². The number of piperidine rings is 1. The predicted octanol–water partition coefficient (Wildman–Crippen LogP) is 6.15. The van der Waals surface area contributed by atoms with Gasteiger partial charge in [0.25, 0.3) is 11.5 Å². The zero-order chi connectivity index (χ0) is 48.2. The van der Waals surface area contributed by atoms with Crippen molar-refractivity contribution in [3.63, 3.8) is 0 Å². The molecule has 0 bridgehead atoms. The maximum atomic E-state index is 14.0. The molecule has 3 N–H and O–H groups in total. The molecular formula is C51H62N10O6S. The second-order valence-corrected chi connectivity index (χ2v) is 22.2. The molecule has 0 spiro atoms. The lowest BCUT2D eigenvalue weighted by Gasteiger charge is -2.47. The van der Waals surface area contributed by atoms with E-state index in [9.17, 15) is 27.9 Å². The molecular weight excluding hydrogens is 881 g/mol. The highest BCUT2D eigenvalue weighted by atomic mass is 32.2. The Labute approximate surface area is 398 Å². The summed E-state index contributed by atoms with van der Waals surface area (Å²) in [6, 6.07) is 17.1. The molecule has 1 atom stereocenters. The molecule has 0 radical (unpaired) electrons. The predicted molar refractivity (Wildman–Crippen MR) is 267 cm³/mol. The third-order valence-corrected chi connectivity index (χ3v) is 16.4. The summed E-state index contributed by atoms with van der Waals surface area (Å²) in [6.07, 6.45) is 8.25. The third kappa shape index (κ3) is 8.82. The first-order chi connectivity index (χ1) is 32.5. The second kappa shape index (κ2) is 18.3. The molecule has 2 aromatic carbocycles. The average Bonchev–Trinajstić information content (AvgIpc) is 3.82. The van der Waals surface area contributed by atoms with Crippen LogP contribution in [0, 0.1) is 5.41 Å². The Morgan fingerprint density at radius 1 is 0.985 bits per heavy atom. The van der Waals surface area contributed by atoms with Gasteiger partial charge in [-0.1, -0.05) is 20.4 Å². The highest BCUT2D eigenvalue weighted by Gasteiger charge is 2.38. The summed E-state index contributed by atoms with van der Waals surface area (Å²) in [5.74, 6) is -0.146. The molecule has 17 heteroatoms. The normalized spacial score (nSPS) is 18.7. The van der Waals surface area contributed by atoms with E-state index in [2.05, 4.69) is 62.2 Å². The molecule has 0 unspecified atom stereocenters. The molecule has 68 heavy (non-hydrogen) atoms. The van der Waals surface area contributed by atoms with Gasteiger partial charge in [-0.05, 0) is 118 Å². The van der Waals surface area contributed by atoms with E-state index in [-0.39, 0.29) is 34.6 Å². The number of rotatable bonds is 12. The van der Waals surface area contributed by atoms with Crippen molar-refractivity contribution >= 4 is 56.0 Å². The first-order valence-electron chi connectivity index (χ1n) is 23.6. The number of aryl methyl sites for hydroxylation is 1. The molecule has 4 aliphatic rings. The number of nitrogens with one attached hydrogen (secondary N) is 2. The number of amides is 2. The van der Waals surface area contributed by atoms with Crippen LogP contribution in [0.1, 0.15) is 74.8 Å². The van der Waals surface area contributed by atoms with Crippen molar-refractivity contribution in [1.29, 1.82) is 0 Å². The fourth-order valence-corrected chi connectivity index (χ4v) is 11.7. The third-order valence-electron chi connectivity index (χ3n) is 14.2. The Morgan fingerprint density at radius 2 is 1.74 bits per heavy atom. The highest BCUT2D eigenvalue weighted by Crippen LogP contribution is 2.41. The van der Waals surface area contributed by atoms with Gasteiger partial charge in [0.05, 0.1) is 33.8 Å². The highest BCUT2D eigenvalue weighted by molar-refractivity contribution is 7.92. The summed E-state index contributed by atoms with van der Waals surface area (Å²) in [5.41, 5.74) is 7.17. The fraction of sp³-hybridized carbons (Fsp3) is 0.431. The van der Waals surface area contributed by atoms with Gasteiger partial charge in [-0.15, -0.1) is 0 Å². The Hall–Kier alpha value is -6.30. The lowest BCUT2D eigenvalue weighted by Crippen LogP contribution is -2.57. The summed E-state index contributed by atoms with van der Waals surface area (Å²) in [5, 5.41) is 16.6. The van der Waals surface area contributed by atoms with Crippen molar-refractivity contribution in [2.75, 3.05) is 64.6 Å². The zero-order valence-corrected chi connectivity index (χ0v) is 40.6. The Morgan fingerprint density at radius 3 is 2.43 bits per heavy atom. The number of sulfone groups is 1. The van der Waals surface area contributed by atoms with Crippen molar-refractivity contribution in [3.05, 3.63) is 113 Å². The van der Waals surface area contributed by atoms with Gasteiger partial charge in [-0.25, -0.2) is 18.4 Å². The van der Waals surface area contributed by atoms with E-state index >= 15 is 0 Å². The van der Waals surface area contributed by atoms with E-state index in [4.69, 9.17) is 4.98 Å². The molecule has 3 aliphatic heterocycles. The molecule has 2 fully saturated rings. The molecule has 5 aromatic rings. The SMILES string of the molecule is C=CC(=O)Nc1cc(Nc2nc(-c3ccnc(N4CCn5c(cc6c5CC(C)(C)C6)C4=O)c3CO)cn(C)c2=O)ccc1N1CCN(C2CCN(c3ccc(S(=O)(=O)C(C)C)cc3)CC2)C[C@@H]1C. The van der Waals surface area contributed by atoms with Gasteiger partial charge >= 0.3 is 0 Å². The molecule has 9 rings (SSSR count). The number of carbonyl (C=O) groups is 2. The summed E-state index contributed by atoms with van der Waals surface area (Å²) in [7, 11) is -1.69. The number of aliphatic hydroxyl groups excluding tert-OH is 1. The second-order valence-electron chi connectivity index (χ2n) is 19.7.